The van der Waals surface area contributed by atoms with Crippen LogP contribution in [0.2, 0.25) is 5.02 Å². The Bertz CT molecular complexity index is 1310. The summed E-state index contributed by atoms with van der Waals surface area (Å²) >= 11 is 7.48. The largest absolute Gasteiger partial charge is 0.497 e. The fourth-order valence-electron chi connectivity index (χ4n) is 3.44. The number of aromatic nitrogens is 3. The van der Waals surface area contributed by atoms with Gasteiger partial charge in [0.1, 0.15) is 11.5 Å². The Hall–Kier alpha value is -3.49. The van der Waals surface area contributed by atoms with Crippen LogP contribution in [0.25, 0.3) is 17.1 Å². The lowest BCUT2D eigenvalue weighted by Gasteiger charge is -2.12. The first-order chi connectivity index (χ1) is 17.0. The molecule has 1 heterocycles. The third-order valence-corrected chi connectivity index (χ3v) is 6.60. The van der Waals surface area contributed by atoms with Crippen molar-refractivity contribution in [1.29, 1.82) is 0 Å². The van der Waals surface area contributed by atoms with Gasteiger partial charge in [0.05, 0.1) is 19.5 Å². The van der Waals surface area contributed by atoms with E-state index in [1.807, 2.05) is 79.1 Å². The van der Waals surface area contributed by atoms with Crippen molar-refractivity contribution in [3.05, 3.63) is 77.3 Å². The summed E-state index contributed by atoms with van der Waals surface area (Å²) in [6, 6.07) is 20.7. The van der Waals surface area contributed by atoms with Crippen molar-refractivity contribution in [3.8, 4) is 28.6 Å². The first-order valence-electron chi connectivity index (χ1n) is 11.0. The molecule has 1 amide bonds. The topological polar surface area (TPSA) is 78.3 Å². The summed E-state index contributed by atoms with van der Waals surface area (Å²) in [4.78, 5) is 12.7. The van der Waals surface area contributed by atoms with E-state index in [9.17, 15) is 4.79 Å². The predicted molar refractivity (Wildman–Crippen MR) is 140 cm³/mol. The Kier molecular flexibility index (Phi) is 7.94. The standard InChI is InChI=1S/C26H25ClN4O3S/c1-4-34-21-14-10-19(11-15-21)31-25(18-8-12-20(33-3)13-9-18)29-30-26(31)35-16-24(32)28-23-7-5-6-22(27)17(23)2/h5-15H,4,16H2,1-3H3,(H,28,32). The highest BCUT2D eigenvalue weighted by atomic mass is 35.5. The average Bonchev–Trinajstić information content (AvgIpc) is 3.30. The third kappa shape index (κ3) is 5.78. The molecule has 4 rings (SSSR count). The minimum absolute atomic E-state index is 0.156. The van der Waals surface area contributed by atoms with Crippen molar-refractivity contribution in [3.63, 3.8) is 0 Å². The maximum Gasteiger partial charge on any atom is 0.234 e. The Morgan fingerprint density at radius 3 is 2.43 bits per heavy atom. The number of hydrogen-bond acceptors (Lipinski definition) is 6. The van der Waals surface area contributed by atoms with Crippen LogP contribution in [-0.2, 0) is 4.79 Å². The molecule has 0 saturated carbocycles. The number of nitrogens with zero attached hydrogens (tertiary/aromatic N) is 3. The summed E-state index contributed by atoms with van der Waals surface area (Å²) in [5.41, 5.74) is 3.25. The average molecular weight is 509 g/mol. The molecule has 35 heavy (non-hydrogen) atoms. The molecule has 0 bridgehead atoms. The van der Waals surface area contributed by atoms with E-state index in [0.29, 0.717) is 28.3 Å². The number of nitrogens with one attached hydrogen (secondary N) is 1. The van der Waals surface area contributed by atoms with E-state index in [0.717, 1.165) is 28.3 Å². The van der Waals surface area contributed by atoms with E-state index in [-0.39, 0.29) is 11.7 Å². The number of anilines is 1. The van der Waals surface area contributed by atoms with E-state index in [4.69, 9.17) is 21.1 Å². The minimum atomic E-state index is -0.160. The summed E-state index contributed by atoms with van der Waals surface area (Å²) in [5, 5.41) is 13.0. The van der Waals surface area contributed by atoms with Gasteiger partial charge in [-0.2, -0.15) is 0 Å². The molecule has 1 aromatic heterocycles. The second-order valence-electron chi connectivity index (χ2n) is 7.55. The molecule has 4 aromatic rings. The number of ether oxygens (including phenoxy) is 2. The van der Waals surface area contributed by atoms with Crippen LogP contribution in [-0.4, -0.2) is 40.1 Å². The molecule has 3 aromatic carbocycles. The zero-order valence-corrected chi connectivity index (χ0v) is 21.2. The van der Waals surface area contributed by atoms with Gasteiger partial charge in [0.2, 0.25) is 5.91 Å². The third-order valence-electron chi connectivity index (χ3n) is 5.26. The zero-order chi connectivity index (χ0) is 24.8. The van der Waals surface area contributed by atoms with Crippen LogP contribution in [0, 0.1) is 6.92 Å². The van der Waals surface area contributed by atoms with Gasteiger partial charge in [-0.1, -0.05) is 29.4 Å². The van der Waals surface area contributed by atoms with Gasteiger partial charge in [-0.05, 0) is 80.1 Å². The lowest BCUT2D eigenvalue weighted by Crippen LogP contribution is -2.15. The lowest BCUT2D eigenvalue weighted by atomic mass is 10.2. The summed E-state index contributed by atoms with van der Waals surface area (Å²) in [6.45, 7) is 4.40. The van der Waals surface area contributed by atoms with E-state index in [2.05, 4.69) is 15.5 Å². The maximum atomic E-state index is 12.7. The number of methoxy groups -OCH3 is 1. The Morgan fingerprint density at radius 2 is 1.74 bits per heavy atom. The Labute approximate surface area is 213 Å². The molecule has 7 nitrogen and oxygen atoms in total. The van der Waals surface area contributed by atoms with Gasteiger partial charge < -0.3 is 14.8 Å². The monoisotopic (exact) mass is 508 g/mol. The quantitative estimate of drug-likeness (QED) is 0.278. The Balaban J connectivity index is 1.61. The number of hydrogen-bond donors (Lipinski definition) is 1. The molecule has 9 heteroatoms. The summed E-state index contributed by atoms with van der Waals surface area (Å²) in [6.07, 6.45) is 0. The molecule has 0 aliphatic heterocycles. The van der Waals surface area contributed by atoms with E-state index in [1.165, 1.54) is 11.8 Å². The van der Waals surface area contributed by atoms with Gasteiger partial charge in [-0.25, -0.2) is 0 Å². The molecule has 0 unspecified atom stereocenters. The first-order valence-corrected chi connectivity index (χ1v) is 12.4. The normalized spacial score (nSPS) is 10.7. The maximum absolute atomic E-state index is 12.7. The molecule has 0 fully saturated rings. The molecule has 0 spiro atoms. The predicted octanol–water partition coefficient (Wildman–Crippen LogP) is 6.03. The van der Waals surface area contributed by atoms with Gasteiger partial charge >= 0.3 is 0 Å². The highest BCUT2D eigenvalue weighted by molar-refractivity contribution is 7.99. The summed E-state index contributed by atoms with van der Waals surface area (Å²) < 4.78 is 12.8. The van der Waals surface area contributed by atoms with Crippen molar-refractivity contribution >= 4 is 35.0 Å². The molecule has 0 radical (unpaired) electrons. The van der Waals surface area contributed by atoms with Crippen LogP contribution in [0.4, 0.5) is 5.69 Å². The van der Waals surface area contributed by atoms with Gasteiger partial charge in [0, 0.05) is 22.0 Å². The van der Waals surface area contributed by atoms with Crippen molar-refractivity contribution in [2.75, 3.05) is 24.8 Å². The van der Waals surface area contributed by atoms with Crippen LogP contribution in [0.15, 0.2) is 71.9 Å². The highest BCUT2D eigenvalue weighted by Crippen LogP contribution is 2.30. The summed E-state index contributed by atoms with van der Waals surface area (Å²) in [5.74, 6) is 2.19. The van der Waals surface area contributed by atoms with Crippen LogP contribution in [0.5, 0.6) is 11.5 Å². The molecule has 0 aliphatic carbocycles. The molecule has 0 saturated heterocycles. The molecular weight excluding hydrogens is 484 g/mol. The minimum Gasteiger partial charge on any atom is -0.497 e. The van der Waals surface area contributed by atoms with Crippen LogP contribution >= 0.6 is 23.4 Å². The van der Waals surface area contributed by atoms with E-state index >= 15 is 0 Å². The van der Waals surface area contributed by atoms with Crippen LogP contribution < -0.4 is 14.8 Å². The van der Waals surface area contributed by atoms with Crippen molar-refractivity contribution in [2.45, 2.75) is 19.0 Å². The summed E-state index contributed by atoms with van der Waals surface area (Å²) in [7, 11) is 1.63. The zero-order valence-electron chi connectivity index (χ0n) is 19.6. The SMILES string of the molecule is CCOc1ccc(-n2c(SCC(=O)Nc3cccc(Cl)c3C)nnc2-c2ccc(OC)cc2)cc1. The molecule has 0 atom stereocenters. The number of rotatable bonds is 9. The van der Waals surface area contributed by atoms with Crippen molar-refractivity contribution in [2.24, 2.45) is 0 Å². The molecule has 0 aliphatic rings. The number of halogens is 1. The Morgan fingerprint density at radius 1 is 1.03 bits per heavy atom. The second kappa shape index (κ2) is 11.3. The van der Waals surface area contributed by atoms with Gasteiger partial charge in [-0.3, -0.25) is 9.36 Å². The molecule has 180 valence electrons. The first kappa shape index (κ1) is 24.6. The number of amides is 1. The number of thioether (sulfide) groups is 1. The fraction of sp³-hybridized carbons (Fsp3) is 0.192. The van der Waals surface area contributed by atoms with Gasteiger partial charge in [-0.15, -0.1) is 10.2 Å². The number of carbonyl (C=O) groups excluding carboxylic acids is 1. The van der Waals surface area contributed by atoms with Gasteiger partial charge in [0.25, 0.3) is 0 Å². The van der Waals surface area contributed by atoms with Crippen molar-refractivity contribution < 1.29 is 14.3 Å². The number of benzene rings is 3. The van der Waals surface area contributed by atoms with E-state index in [1.54, 1.807) is 13.2 Å². The lowest BCUT2D eigenvalue weighted by molar-refractivity contribution is -0.113. The van der Waals surface area contributed by atoms with Gasteiger partial charge in [0.15, 0.2) is 11.0 Å². The van der Waals surface area contributed by atoms with Crippen LogP contribution in [0.1, 0.15) is 12.5 Å². The number of carbonyl (C=O) groups is 1. The van der Waals surface area contributed by atoms with Crippen LogP contribution in [0.3, 0.4) is 0 Å². The second-order valence-corrected chi connectivity index (χ2v) is 8.90. The van der Waals surface area contributed by atoms with Crippen molar-refractivity contribution in [1.82, 2.24) is 14.8 Å². The van der Waals surface area contributed by atoms with E-state index < -0.39 is 0 Å². The smallest absolute Gasteiger partial charge is 0.234 e. The fourth-order valence-corrected chi connectivity index (χ4v) is 4.37. The molecule has 1 N–H and O–H groups in total. The highest BCUT2D eigenvalue weighted by Gasteiger charge is 2.18. The molecular formula is C26H25ClN4O3S.